The highest BCUT2D eigenvalue weighted by Crippen LogP contribution is 2.21. The number of benzene rings is 1. The van der Waals surface area contributed by atoms with Gasteiger partial charge in [-0.3, -0.25) is 9.78 Å². The normalized spacial score (nSPS) is 12.3. The van der Waals surface area contributed by atoms with Crippen molar-refractivity contribution in [1.29, 1.82) is 0 Å². The summed E-state index contributed by atoms with van der Waals surface area (Å²) >= 11 is 6.12. The Morgan fingerprint density at radius 2 is 2.09 bits per heavy atom. The molecule has 23 heavy (non-hydrogen) atoms. The smallest absolute Gasteiger partial charge is 0.206 e. The number of ether oxygens (including phenoxy) is 1. The molecule has 5 nitrogen and oxygen atoms in total. The Balaban J connectivity index is 1.99. The number of hydrogen-bond acceptors (Lipinski definition) is 4. The molecule has 0 spiro atoms. The van der Waals surface area contributed by atoms with Crippen molar-refractivity contribution in [3.63, 3.8) is 0 Å². The first-order valence-electron chi connectivity index (χ1n) is 6.88. The molecule has 0 radical (unpaired) electrons. The first kappa shape index (κ1) is 17.7. The molecule has 0 fully saturated rings. The third-order valence-corrected chi connectivity index (χ3v) is 4.68. The molecular weight excluding hydrogens is 336 g/mol. The quantitative estimate of drug-likeness (QED) is 0.719. The molecule has 0 saturated heterocycles. The van der Waals surface area contributed by atoms with Gasteiger partial charge in [0.05, 0.1) is 11.5 Å². The molecule has 1 aromatic heterocycles. The molecule has 1 unspecified atom stereocenters. The average Bonchev–Trinajstić information content (AvgIpc) is 2.56. The van der Waals surface area contributed by atoms with Crippen LogP contribution in [0.1, 0.15) is 16.1 Å². The van der Waals surface area contributed by atoms with Gasteiger partial charge in [0, 0.05) is 11.2 Å². The van der Waals surface area contributed by atoms with E-state index in [0.29, 0.717) is 21.2 Å². The molecule has 1 aromatic carbocycles. The Morgan fingerprint density at radius 3 is 2.74 bits per heavy atom. The summed E-state index contributed by atoms with van der Waals surface area (Å²) in [5.41, 5.74) is 1.05. The summed E-state index contributed by atoms with van der Waals surface area (Å²) in [5.74, 6) is -0.199. The van der Waals surface area contributed by atoms with Crippen molar-refractivity contribution in [3.8, 4) is 0 Å². The zero-order chi connectivity index (χ0) is 16.8. The van der Waals surface area contributed by atoms with E-state index < -0.39 is 11.0 Å². The molecule has 0 bridgehead atoms. The fraction of sp³-hybridized carbons (Fsp3) is 0.250. The van der Waals surface area contributed by atoms with Crippen LogP contribution in [-0.2, 0) is 22.3 Å². The summed E-state index contributed by atoms with van der Waals surface area (Å²) in [5, 5.41) is 0.509. The molecule has 0 aliphatic rings. The van der Waals surface area contributed by atoms with E-state index in [9.17, 15) is 9.00 Å². The van der Waals surface area contributed by atoms with Gasteiger partial charge in [0.1, 0.15) is 23.3 Å². The highest BCUT2D eigenvalue weighted by molar-refractivity contribution is 7.82. The van der Waals surface area contributed by atoms with Crippen LogP contribution < -0.4 is 0 Å². The number of aromatic nitrogens is 1. The number of Topliss-reactive ketones (excluding diaryl/α,β-unsaturated/α-hetero) is 1. The lowest BCUT2D eigenvalue weighted by atomic mass is 10.2. The molecule has 1 atom stereocenters. The van der Waals surface area contributed by atoms with Gasteiger partial charge < -0.3 is 4.74 Å². The van der Waals surface area contributed by atoms with Crippen molar-refractivity contribution in [2.24, 2.45) is 0 Å². The molecule has 0 amide bonds. The van der Waals surface area contributed by atoms with Gasteiger partial charge in [-0.05, 0) is 50.0 Å². The number of pyridine rings is 1. The zero-order valence-electron chi connectivity index (χ0n) is 12.9. The standard InChI is InChI=1S/C16H17ClN2O3S/c1-19(2)23(21)13-6-7-14(17)12(9-13)10-22-11-16(20)15-5-3-4-8-18-15/h3-9H,10-11H2,1-2H3. The van der Waals surface area contributed by atoms with Crippen LogP contribution in [0.25, 0.3) is 0 Å². The predicted molar refractivity (Wildman–Crippen MR) is 89.8 cm³/mol. The molecule has 0 saturated carbocycles. The topological polar surface area (TPSA) is 59.5 Å². The minimum atomic E-state index is -1.26. The van der Waals surface area contributed by atoms with E-state index in [1.807, 2.05) is 0 Å². The van der Waals surface area contributed by atoms with Gasteiger partial charge in [-0.1, -0.05) is 17.7 Å². The summed E-state index contributed by atoms with van der Waals surface area (Å²) in [6.07, 6.45) is 1.56. The maximum Gasteiger partial charge on any atom is 0.206 e. The van der Waals surface area contributed by atoms with Crippen molar-refractivity contribution in [1.82, 2.24) is 9.29 Å². The van der Waals surface area contributed by atoms with Crippen molar-refractivity contribution in [3.05, 3.63) is 58.9 Å². The fourth-order valence-electron chi connectivity index (χ4n) is 1.84. The lowest BCUT2D eigenvalue weighted by Gasteiger charge is -2.11. The van der Waals surface area contributed by atoms with E-state index in [2.05, 4.69) is 4.98 Å². The summed E-state index contributed by atoms with van der Waals surface area (Å²) < 4.78 is 19.1. The van der Waals surface area contributed by atoms with Crippen molar-refractivity contribution in [2.75, 3.05) is 20.7 Å². The number of nitrogens with zero attached hydrogens (tertiary/aromatic N) is 2. The fourth-order valence-corrected chi connectivity index (χ4v) is 2.86. The summed E-state index contributed by atoms with van der Waals surface area (Å²) in [6.45, 7) is 0.0736. The van der Waals surface area contributed by atoms with Crippen LogP contribution in [0.5, 0.6) is 0 Å². The molecular formula is C16H17ClN2O3S. The van der Waals surface area contributed by atoms with Gasteiger partial charge in [0.2, 0.25) is 5.78 Å². The van der Waals surface area contributed by atoms with Crippen LogP contribution in [-0.4, -0.2) is 40.0 Å². The number of hydrogen-bond donors (Lipinski definition) is 0. The number of ketones is 1. The Morgan fingerprint density at radius 1 is 1.30 bits per heavy atom. The third-order valence-electron chi connectivity index (χ3n) is 2.99. The van der Waals surface area contributed by atoms with E-state index >= 15 is 0 Å². The largest absolute Gasteiger partial charge is 0.368 e. The third kappa shape index (κ3) is 4.94. The highest BCUT2D eigenvalue weighted by Gasteiger charge is 2.11. The Bertz CT molecular complexity index is 708. The van der Waals surface area contributed by atoms with E-state index in [1.165, 1.54) is 0 Å². The Hall–Kier alpha value is -1.60. The van der Waals surface area contributed by atoms with Crippen LogP contribution in [0, 0.1) is 0 Å². The molecule has 2 rings (SSSR count). The first-order chi connectivity index (χ1) is 11.0. The lowest BCUT2D eigenvalue weighted by molar-refractivity contribution is 0.0721. The predicted octanol–water partition coefficient (Wildman–Crippen LogP) is 2.72. The first-order valence-corrected chi connectivity index (χ1v) is 8.37. The van der Waals surface area contributed by atoms with Crippen molar-refractivity contribution < 1.29 is 13.7 Å². The molecule has 2 aromatic rings. The second kappa shape index (κ2) is 8.31. The van der Waals surface area contributed by atoms with Gasteiger partial charge in [0.15, 0.2) is 0 Å². The Kier molecular flexibility index (Phi) is 6.41. The zero-order valence-corrected chi connectivity index (χ0v) is 14.4. The minimum absolute atomic E-state index is 0.0889. The van der Waals surface area contributed by atoms with Gasteiger partial charge in [0.25, 0.3) is 0 Å². The monoisotopic (exact) mass is 352 g/mol. The molecule has 0 aliphatic heterocycles. The van der Waals surface area contributed by atoms with E-state index in [-0.39, 0.29) is 19.0 Å². The molecule has 0 N–H and O–H groups in total. The van der Waals surface area contributed by atoms with Crippen LogP contribution in [0.2, 0.25) is 5.02 Å². The summed E-state index contributed by atoms with van der Waals surface area (Å²) in [4.78, 5) is 16.5. The number of rotatable bonds is 7. The molecule has 122 valence electrons. The summed E-state index contributed by atoms with van der Waals surface area (Å²) in [7, 11) is 2.20. The van der Waals surface area contributed by atoms with Crippen molar-refractivity contribution >= 4 is 28.4 Å². The maximum atomic E-state index is 12.1. The number of carbonyl (C=O) groups is 1. The van der Waals surface area contributed by atoms with E-state index in [4.69, 9.17) is 16.3 Å². The van der Waals surface area contributed by atoms with Gasteiger partial charge in [-0.2, -0.15) is 0 Å². The average molecular weight is 353 g/mol. The Labute approximate surface area is 142 Å². The van der Waals surface area contributed by atoms with Crippen LogP contribution in [0.15, 0.2) is 47.5 Å². The second-order valence-corrected chi connectivity index (χ2v) is 7.05. The van der Waals surface area contributed by atoms with Gasteiger partial charge in [-0.15, -0.1) is 0 Å². The van der Waals surface area contributed by atoms with E-state index in [0.717, 1.165) is 0 Å². The van der Waals surface area contributed by atoms with Crippen molar-refractivity contribution in [2.45, 2.75) is 11.5 Å². The number of carbonyl (C=O) groups excluding carboxylic acids is 1. The van der Waals surface area contributed by atoms with Crippen LogP contribution >= 0.6 is 11.6 Å². The maximum absolute atomic E-state index is 12.1. The van der Waals surface area contributed by atoms with Gasteiger partial charge in [-0.25, -0.2) is 8.51 Å². The highest BCUT2D eigenvalue weighted by atomic mass is 35.5. The minimum Gasteiger partial charge on any atom is -0.368 e. The SMILES string of the molecule is CN(C)S(=O)c1ccc(Cl)c(COCC(=O)c2ccccn2)c1. The second-order valence-electron chi connectivity index (χ2n) is 4.95. The van der Waals surface area contributed by atoms with E-state index in [1.54, 1.807) is 61.0 Å². The number of halogens is 1. The lowest BCUT2D eigenvalue weighted by Crippen LogP contribution is -2.15. The molecule has 0 aliphatic carbocycles. The molecule has 1 heterocycles. The summed E-state index contributed by atoms with van der Waals surface area (Å²) in [6, 6.07) is 10.2. The van der Waals surface area contributed by atoms with Gasteiger partial charge >= 0.3 is 0 Å². The molecule has 7 heteroatoms. The van der Waals surface area contributed by atoms with Crippen LogP contribution in [0.3, 0.4) is 0 Å². The van der Waals surface area contributed by atoms with Crippen LogP contribution in [0.4, 0.5) is 0 Å².